The largest absolute Gasteiger partial charge is 0.342 e. The number of thiazole rings is 1. The molecule has 6 heteroatoms. The highest BCUT2D eigenvalue weighted by Gasteiger charge is 2.25. The molecule has 2 amide bonds. The van der Waals surface area contributed by atoms with E-state index in [1.54, 1.807) is 15.3 Å². The first-order valence-electron chi connectivity index (χ1n) is 6.77. The van der Waals surface area contributed by atoms with Gasteiger partial charge in [-0.2, -0.15) is 0 Å². The molecule has 1 saturated heterocycles. The summed E-state index contributed by atoms with van der Waals surface area (Å²) in [6, 6.07) is 9.81. The molecule has 2 aromatic rings. The molecule has 2 heterocycles. The zero-order valence-electron chi connectivity index (χ0n) is 11.4. The van der Waals surface area contributed by atoms with Gasteiger partial charge in [-0.05, 0) is 5.56 Å². The second-order valence-corrected chi connectivity index (χ2v) is 5.68. The van der Waals surface area contributed by atoms with Crippen LogP contribution in [0.5, 0.6) is 0 Å². The standard InChI is InChI=1S/C15H15N3O2S/c19-11-17-6-8-18(9-7-17)15(20)13-14(21-10-16-13)12-4-2-1-3-5-12/h1-5,10-11H,6-9H2. The summed E-state index contributed by atoms with van der Waals surface area (Å²) in [7, 11) is 0. The molecule has 0 unspecified atom stereocenters. The van der Waals surface area contributed by atoms with Gasteiger partial charge >= 0.3 is 0 Å². The Labute approximate surface area is 126 Å². The van der Waals surface area contributed by atoms with E-state index in [9.17, 15) is 9.59 Å². The molecule has 21 heavy (non-hydrogen) atoms. The maximum Gasteiger partial charge on any atom is 0.274 e. The Morgan fingerprint density at radius 2 is 1.86 bits per heavy atom. The zero-order chi connectivity index (χ0) is 14.7. The normalized spacial score (nSPS) is 15.0. The predicted molar refractivity (Wildman–Crippen MR) is 81.1 cm³/mol. The van der Waals surface area contributed by atoms with Gasteiger partial charge in [0.1, 0.15) is 5.69 Å². The lowest BCUT2D eigenvalue weighted by Gasteiger charge is -2.32. The van der Waals surface area contributed by atoms with E-state index in [0.29, 0.717) is 31.9 Å². The second kappa shape index (κ2) is 6.05. The first-order valence-corrected chi connectivity index (χ1v) is 7.65. The molecule has 0 aliphatic carbocycles. The van der Waals surface area contributed by atoms with Crippen molar-refractivity contribution in [3.63, 3.8) is 0 Å². The Kier molecular flexibility index (Phi) is 3.96. The van der Waals surface area contributed by atoms with Gasteiger partial charge in [0, 0.05) is 26.2 Å². The first kappa shape index (κ1) is 13.8. The van der Waals surface area contributed by atoms with Gasteiger partial charge in [0.2, 0.25) is 6.41 Å². The summed E-state index contributed by atoms with van der Waals surface area (Å²) >= 11 is 1.47. The van der Waals surface area contributed by atoms with Crippen molar-refractivity contribution in [3.8, 4) is 10.4 Å². The van der Waals surface area contributed by atoms with Crippen LogP contribution >= 0.6 is 11.3 Å². The van der Waals surface area contributed by atoms with Gasteiger partial charge in [0.15, 0.2) is 0 Å². The van der Waals surface area contributed by atoms with Crippen LogP contribution in [0.3, 0.4) is 0 Å². The zero-order valence-corrected chi connectivity index (χ0v) is 12.3. The number of benzene rings is 1. The molecule has 1 aromatic carbocycles. The van der Waals surface area contributed by atoms with Crippen molar-refractivity contribution in [1.82, 2.24) is 14.8 Å². The Morgan fingerprint density at radius 1 is 1.14 bits per heavy atom. The van der Waals surface area contributed by atoms with Crippen LogP contribution in [-0.2, 0) is 4.79 Å². The van der Waals surface area contributed by atoms with Crippen LogP contribution in [0.25, 0.3) is 10.4 Å². The SMILES string of the molecule is O=CN1CCN(C(=O)c2ncsc2-c2ccccc2)CC1. The molecule has 1 aliphatic rings. The Bertz CT molecular complexity index is 633. The summed E-state index contributed by atoms with van der Waals surface area (Å²) in [6.45, 7) is 2.28. The number of amides is 2. The lowest BCUT2D eigenvalue weighted by Crippen LogP contribution is -2.48. The Balaban J connectivity index is 1.80. The van der Waals surface area contributed by atoms with E-state index in [1.807, 2.05) is 30.3 Å². The number of hydrogen-bond acceptors (Lipinski definition) is 4. The minimum Gasteiger partial charge on any atom is -0.342 e. The lowest BCUT2D eigenvalue weighted by atomic mass is 10.1. The topological polar surface area (TPSA) is 53.5 Å². The maximum absolute atomic E-state index is 12.6. The molecule has 0 N–H and O–H groups in total. The summed E-state index contributed by atoms with van der Waals surface area (Å²) in [5.74, 6) is -0.0550. The Hall–Kier alpha value is -2.21. The molecule has 3 rings (SSSR count). The molecule has 0 spiro atoms. The smallest absolute Gasteiger partial charge is 0.274 e. The van der Waals surface area contributed by atoms with Gasteiger partial charge in [-0.1, -0.05) is 30.3 Å². The lowest BCUT2D eigenvalue weighted by molar-refractivity contribution is -0.119. The average Bonchev–Trinajstić information content (AvgIpc) is 3.04. The first-order chi connectivity index (χ1) is 10.3. The highest BCUT2D eigenvalue weighted by atomic mass is 32.1. The number of carbonyl (C=O) groups excluding carboxylic acids is 2. The van der Waals surface area contributed by atoms with Crippen molar-refractivity contribution in [2.75, 3.05) is 26.2 Å². The van der Waals surface area contributed by atoms with Crippen molar-refractivity contribution in [3.05, 3.63) is 41.5 Å². The van der Waals surface area contributed by atoms with Gasteiger partial charge in [0.05, 0.1) is 10.4 Å². The molecule has 108 valence electrons. The van der Waals surface area contributed by atoms with E-state index in [-0.39, 0.29) is 5.91 Å². The van der Waals surface area contributed by atoms with Crippen molar-refractivity contribution in [2.45, 2.75) is 0 Å². The van der Waals surface area contributed by atoms with E-state index < -0.39 is 0 Å². The van der Waals surface area contributed by atoms with Crippen molar-refractivity contribution in [2.24, 2.45) is 0 Å². The van der Waals surface area contributed by atoms with Gasteiger partial charge in [0.25, 0.3) is 5.91 Å². The van der Waals surface area contributed by atoms with Crippen LogP contribution in [0, 0.1) is 0 Å². The van der Waals surface area contributed by atoms with Crippen LogP contribution < -0.4 is 0 Å². The van der Waals surface area contributed by atoms with Gasteiger partial charge in [-0.25, -0.2) is 4.98 Å². The van der Waals surface area contributed by atoms with E-state index in [2.05, 4.69) is 4.98 Å². The fraction of sp³-hybridized carbons (Fsp3) is 0.267. The summed E-state index contributed by atoms with van der Waals surface area (Å²) < 4.78 is 0. The Morgan fingerprint density at radius 3 is 2.52 bits per heavy atom. The quantitative estimate of drug-likeness (QED) is 0.811. The van der Waals surface area contributed by atoms with Crippen LogP contribution in [0.1, 0.15) is 10.5 Å². The van der Waals surface area contributed by atoms with E-state index in [0.717, 1.165) is 16.9 Å². The number of hydrogen-bond donors (Lipinski definition) is 0. The van der Waals surface area contributed by atoms with Crippen LogP contribution in [-0.4, -0.2) is 53.3 Å². The minimum absolute atomic E-state index is 0.0550. The molecule has 5 nitrogen and oxygen atoms in total. The fourth-order valence-corrected chi connectivity index (χ4v) is 3.16. The molecule has 1 fully saturated rings. The fourth-order valence-electron chi connectivity index (χ4n) is 2.37. The van der Waals surface area contributed by atoms with Gasteiger partial charge < -0.3 is 9.80 Å². The van der Waals surface area contributed by atoms with Crippen LogP contribution in [0.15, 0.2) is 35.8 Å². The molecule has 0 radical (unpaired) electrons. The highest BCUT2D eigenvalue weighted by Crippen LogP contribution is 2.28. The van der Waals surface area contributed by atoms with Gasteiger partial charge in [-0.15, -0.1) is 11.3 Å². The van der Waals surface area contributed by atoms with Crippen molar-refractivity contribution in [1.29, 1.82) is 0 Å². The third kappa shape index (κ3) is 2.80. The van der Waals surface area contributed by atoms with E-state index in [1.165, 1.54) is 11.3 Å². The number of aromatic nitrogens is 1. The second-order valence-electron chi connectivity index (χ2n) is 4.83. The van der Waals surface area contributed by atoms with E-state index >= 15 is 0 Å². The molecular formula is C15H15N3O2S. The monoisotopic (exact) mass is 301 g/mol. The van der Waals surface area contributed by atoms with Gasteiger partial charge in [-0.3, -0.25) is 9.59 Å². The van der Waals surface area contributed by atoms with E-state index in [4.69, 9.17) is 0 Å². The number of piperazine rings is 1. The summed E-state index contributed by atoms with van der Waals surface area (Å²) in [5.41, 5.74) is 3.22. The van der Waals surface area contributed by atoms with Crippen LogP contribution in [0.4, 0.5) is 0 Å². The van der Waals surface area contributed by atoms with Crippen molar-refractivity contribution >= 4 is 23.7 Å². The number of carbonyl (C=O) groups is 2. The molecule has 0 saturated carbocycles. The van der Waals surface area contributed by atoms with Crippen LogP contribution in [0.2, 0.25) is 0 Å². The number of nitrogens with zero attached hydrogens (tertiary/aromatic N) is 3. The molecule has 0 bridgehead atoms. The molecular weight excluding hydrogens is 286 g/mol. The minimum atomic E-state index is -0.0550. The summed E-state index contributed by atoms with van der Waals surface area (Å²) in [6.07, 6.45) is 0.833. The predicted octanol–water partition coefficient (Wildman–Crippen LogP) is 1.72. The average molecular weight is 301 g/mol. The molecule has 0 atom stereocenters. The summed E-state index contributed by atoms with van der Waals surface area (Å²) in [5, 5.41) is 0. The third-order valence-electron chi connectivity index (χ3n) is 3.56. The van der Waals surface area contributed by atoms with Crippen molar-refractivity contribution < 1.29 is 9.59 Å². The molecule has 1 aromatic heterocycles. The number of rotatable bonds is 3. The summed E-state index contributed by atoms with van der Waals surface area (Å²) in [4.78, 5) is 31.9. The molecule has 1 aliphatic heterocycles. The maximum atomic E-state index is 12.6. The highest BCUT2D eigenvalue weighted by molar-refractivity contribution is 7.13. The third-order valence-corrected chi connectivity index (χ3v) is 4.43.